The summed E-state index contributed by atoms with van der Waals surface area (Å²) in [5.74, 6) is 0.681. The summed E-state index contributed by atoms with van der Waals surface area (Å²) in [6, 6.07) is 15.2. The van der Waals surface area contributed by atoms with Gasteiger partial charge in [-0.05, 0) is 85.7 Å². The molecule has 0 aromatic heterocycles. The summed E-state index contributed by atoms with van der Waals surface area (Å²) in [5.41, 5.74) is 2.89. The first-order valence-corrected chi connectivity index (χ1v) is 12.6. The van der Waals surface area contributed by atoms with Crippen LogP contribution in [0.1, 0.15) is 48.1 Å². The predicted molar refractivity (Wildman–Crippen MR) is 142 cm³/mol. The number of hydrogen-bond acceptors (Lipinski definition) is 5. The summed E-state index contributed by atoms with van der Waals surface area (Å²) in [7, 11) is 1.29. The monoisotopic (exact) mass is 603 g/mol. The Bertz CT molecular complexity index is 1200. The average molecular weight is 605 g/mol. The van der Waals surface area contributed by atoms with Crippen LogP contribution in [0.25, 0.3) is 0 Å². The van der Waals surface area contributed by atoms with Crippen molar-refractivity contribution in [1.29, 1.82) is 0 Å². The molecule has 0 bridgehead atoms. The molecule has 3 aromatic carbocycles. The number of amides is 1. The molecular formula is C27H27Br2NO5. The third-order valence-corrected chi connectivity index (χ3v) is 6.62. The van der Waals surface area contributed by atoms with Gasteiger partial charge < -0.3 is 19.9 Å². The van der Waals surface area contributed by atoms with E-state index in [0.717, 1.165) is 16.7 Å². The fourth-order valence-electron chi connectivity index (χ4n) is 3.64. The third-order valence-electron chi connectivity index (χ3n) is 5.44. The molecule has 0 saturated heterocycles. The highest BCUT2D eigenvalue weighted by molar-refractivity contribution is 9.11. The maximum atomic E-state index is 12.8. The van der Waals surface area contributed by atoms with Crippen LogP contribution in [0.15, 0.2) is 63.5 Å². The quantitative estimate of drug-likeness (QED) is 0.279. The van der Waals surface area contributed by atoms with E-state index in [2.05, 4.69) is 37.2 Å². The zero-order valence-corrected chi connectivity index (χ0v) is 23.1. The van der Waals surface area contributed by atoms with Crippen molar-refractivity contribution in [3.05, 3.63) is 85.8 Å². The van der Waals surface area contributed by atoms with E-state index in [0.29, 0.717) is 26.0 Å². The van der Waals surface area contributed by atoms with Crippen molar-refractivity contribution in [3.63, 3.8) is 0 Å². The van der Waals surface area contributed by atoms with Crippen LogP contribution in [-0.4, -0.2) is 24.1 Å². The van der Waals surface area contributed by atoms with Crippen LogP contribution < -0.4 is 10.1 Å². The predicted octanol–water partition coefficient (Wildman–Crippen LogP) is 6.71. The number of rotatable bonds is 8. The van der Waals surface area contributed by atoms with Crippen LogP contribution >= 0.6 is 31.9 Å². The minimum Gasteiger partial charge on any atom is -0.507 e. The Labute approximate surface area is 221 Å². The normalized spacial score (nSPS) is 11.7. The molecule has 3 aromatic rings. The van der Waals surface area contributed by atoms with E-state index < -0.39 is 12.0 Å². The van der Waals surface area contributed by atoms with E-state index in [-0.39, 0.29) is 24.0 Å². The number of carbonyl (C=O) groups excluding carboxylic acids is 2. The number of phenolic OH excluding ortho intramolecular Hbond substituents is 1. The minimum atomic E-state index is -0.893. The van der Waals surface area contributed by atoms with Crippen molar-refractivity contribution in [1.82, 2.24) is 5.32 Å². The highest BCUT2D eigenvalue weighted by atomic mass is 79.9. The first kappa shape index (κ1) is 26.8. The van der Waals surface area contributed by atoms with Crippen molar-refractivity contribution in [2.45, 2.75) is 39.2 Å². The van der Waals surface area contributed by atoms with Crippen molar-refractivity contribution in [2.75, 3.05) is 7.11 Å². The average Bonchev–Trinajstić information content (AvgIpc) is 2.81. The zero-order chi connectivity index (χ0) is 25.7. The highest BCUT2D eigenvalue weighted by Crippen LogP contribution is 2.40. The van der Waals surface area contributed by atoms with Crippen LogP contribution in [0, 0.1) is 6.92 Å². The molecule has 3 rings (SSSR count). The SMILES string of the molecule is COC(=O)[C@@H](NC(=O)Cc1cc(Br)c(Oc2cc(C)c(O)c(C(C)C)c2)c(Br)c1)c1ccccc1. The molecule has 0 spiro atoms. The zero-order valence-electron chi connectivity index (χ0n) is 19.9. The molecule has 0 saturated carbocycles. The maximum absolute atomic E-state index is 12.8. The molecule has 0 radical (unpaired) electrons. The largest absolute Gasteiger partial charge is 0.507 e. The molecule has 2 N–H and O–H groups in total. The van der Waals surface area contributed by atoms with Gasteiger partial charge in [0.2, 0.25) is 5.91 Å². The Balaban J connectivity index is 1.79. The number of hydrogen-bond donors (Lipinski definition) is 2. The van der Waals surface area contributed by atoms with Crippen molar-refractivity contribution >= 4 is 43.7 Å². The lowest BCUT2D eigenvalue weighted by Gasteiger charge is -2.18. The number of esters is 1. The van der Waals surface area contributed by atoms with E-state index in [1.165, 1.54) is 7.11 Å². The molecule has 0 aliphatic heterocycles. The van der Waals surface area contributed by atoms with Crippen LogP contribution in [0.2, 0.25) is 0 Å². The van der Waals surface area contributed by atoms with Crippen LogP contribution in [0.4, 0.5) is 0 Å². The number of halogens is 2. The van der Waals surface area contributed by atoms with Gasteiger partial charge in [-0.1, -0.05) is 44.2 Å². The number of aryl methyl sites for hydroxylation is 1. The molecule has 35 heavy (non-hydrogen) atoms. The van der Waals surface area contributed by atoms with Crippen LogP contribution in [0.5, 0.6) is 17.2 Å². The first-order valence-electron chi connectivity index (χ1n) is 11.0. The van der Waals surface area contributed by atoms with Gasteiger partial charge in [-0.2, -0.15) is 0 Å². The van der Waals surface area contributed by atoms with E-state index in [1.807, 2.05) is 32.9 Å². The molecule has 0 aliphatic carbocycles. The fourth-order valence-corrected chi connectivity index (χ4v) is 5.08. The number of benzene rings is 3. The summed E-state index contributed by atoms with van der Waals surface area (Å²) in [5, 5.41) is 13.1. The summed E-state index contributed by atoms with van der Waals surface area (Å²) in [4.78, 5) is 25.0. The van der Waals surface area contributed by atoms with Gasteiger partial charge >= 0.3 is 5.97 Å². The topological polar surface area (TPSA) is 84.9 Å². The molecular weight excluding hydrogens is 578 g/mol. The van der Waals surface area contributed by atoms with Gasteiger partial charge in [-0.25, -0.2) is 4.79 Å². The number of carbonyl (C=O) groups is 2. The van der Waals surface area contributed by atoms with Gasteiger partial charge in [0.05, 0.1) is 22.5 Å². The summed E-state index contributed by atoms with van der Waals surface area (Å²) >= 11 is 7.08. The number of aromatic hydroxyl groups is 1. The fraction of sp³-hybridized carbons (Fsp3) is 0.259. The van der Waals surface area contributed by atoms with Gasteiger partial charge in [0, 0.05) is 5.56 Å². The Morgan fingerprint density at radius 2 is 1.66 bits per heavy atom. The van der Waals surface area contributed by atoms with Gasteiger partial charge in [0.1, 0.15) is 11.5 Å². The minimum absolute atomic E-state index is 0.0492. The lowest BCUT2D eigenvalue weighted by molar-refractivity contribution is -0.145. The van der Waals surface area contributed by atoms with E-state index in [9.17, 15) is 14.7 Å². The highest BCUT2D eigenvalue weighted by Gasteiger charge is 2.24. The third kappa shape index (κ3) is 6.64. The second-order valence-corrected chi connectivity index (χ2v) is 10.1. The molecule has 1 amide bonds. The lowest BCUT2D eigenvalue weighted by atomic mass is 9.99. The van der Waals surface area contributed by atoms with Crippen molar-refractivity contribution < 1.29 is 24.2 Å². The standard InChI is InChI=1S/C27H27Br2NO5/c1-15(2)20-14-19(10-16(3)25(20)32)35-26-21(28)11-17(12-22(26)29)13-23(31)30-24(27(33)34-4)18-8-6-5-7-9-18/h5-12,14-15,24,32H,13H2,1-4H3,(H,30,31)/t24-/m0/s1. The van der Waals surface area contributed by atoms with E-state index >= 15 is 0 Å². The summed E-state index contributed by atoms with van der Waals surface area (Å²) in [6.07, 6.45) is 0.0492. The van der Waals surface area contributed by atoms with E-state index in [1.54, 1.807) is 42.5 Å². The number of nitrogens with one attached hydrogen (secondary N) is 1. The van der Waals surface area contributed by atoms with Crippen molar-refractivity contribution in [2.24, 2.45) is 0 Å². The van der Waals surface area contributed by atoms with Crippen molar-refractivity contribution in [3.8, 4) is 17.2 Å². The van der Waals surface area contributed by atoms with Crippen LogP contribution in [0.3, 0.4) is 0 Å². The summed E-state index contributed by atoms with van der Waals surface area (Å²) in [6.45, 7) is 5.84. The Hall–Kier alpha value is -2.84. The molecule has 8 heteroatoms. The Morgan fingerprint density at radius 3 is 2.23 bits per heavy atom. The Morgan fingerprint density at radius 1 is 1.03 bits per heavy atom. The second-order valence-electron chi connectivity index (χ2n) is 8.43. The molecule has 1 atom stereocenters. The molecule has 6 nitrogen and oxygen atoms in total. The number of ether oxygens (including phenoxy) is 2. The second kappa shape index (κ2) is 11.7. The van der Waals surface area contributed by atoms with Gasteiger partial charge in [-0.3, -0.25) is 4.79 Å². The van der Waals surface area contributed by atoms with Gasteiger partial charge in [-0.15, -0.1) is 0 Å². The van der Waals surface area contributed by atoms with Crippen LogP contribution in [-0.2, 0) is 20.7 Å². The first-order chi connectivity index (χ1) is 16.6. The molecule has 0 fully saturated rings. The van der Waals surface area contributed by atoms with E-state index in [4.69, 9.17) is 9.47 Å². The molecule has 0 aliphatic rings. The lowest BCUT2D eigenvalue weighted by Crippen LogP contribution is -2.35. The molecule has 184 valence electrons. The van der Waals surface area contributed by atoms with Gasteiger partial charge in [0.25, 0.3) is 0 Å². The smallest absolute Gasteiger partial charge is 0.333 e. The maximum Gasteiger partial charge on any atom is 0.333 e. The molecule has 0 unspecified atom stereocenters. The van der Waals surface area contributed by atoms with Gasteiger partial charge in [0.15, 0.2) is 11.8 Å². The number of phenols is 1. The summed E-state index contributed by atoms with van der Waals surface area (Å²) < 4.78 is 12.3. The molecule has 0 heterocycles. The Kier molecular flexibility index (Phi) is 8.97. The number of methoxy groups -OCH3 is 1.